The van der Waals surface area contributed by atoms with Gasteiger partial charge in [0.2, 0.25) is 0 Å². The zero-order chi connectivity index (χ0) is 39.5. The van der Waals surface area contributed by atoms with Crippen molar-refractivity contribution in [2.45, 2.75) is 19.3 Å². The summed E-state index contributed by atoms with van der Waals surface area (Å²) in [5, 5.41) is 7.74. The predicted octanol–water partition coefficient (Wildman–Crippen LogP) is 14.9. The van der Waals surface area contributed by atoms with Gasteiger partial charge in [-0.15, -0.1) is 0 Å². The maximum atomic E-state index is 5.45. The van der Waals surface area contributed by atoms with Crippen molar-refractivity contribution >= 4 is 33.4 Å². The molecule has 0 saturated carbocycles. The van der Waals surface area contributed by atoms with Gasteiger partial charge in [-0.25, -0.2) is 4.52 Å². The van der Waals surface area contributed by atoms with Crippen LogP contribution in [0.15, 0.2) is 212 Å². The molecule has 0 atom stereocenters. The summed E-state index contributed by atoms with van der Waals surface area (Å²) in [4.78, 5) is 2.46. The fourth-order valence-electron chi connectivity index (χ4n) is 9.35. The summed E-state index contributed by atoms with van der Waals surface area (Å²) in [5.74, 6) is 0. The highest BCUT2D eigenvalue weighted by molar-refractivity contribution is 6.10. The number of hydrogen-bond acceptors (Lipinski definition) is 2. The van der Waals surface area contributed by atoms with E-state index in [0.717, 1.165) is 67.0 Å². The van der Waals surface area contributed by atoms with Crippen LogP contribution in [0, 0.1) is 0 Å². The zero-order valence-electron chi connectivity index (χ0n) is 33.0. The smallest absolute Gasteiger partial charge is 0.101 e. The molecule has 0 fully saturated rings. The number of pyridine rings is 1. The van der Waals surface area contributed by atoms with Crippen LogP contribution in [0.1, 0.15) is 25.0 Å². The first kappa shape index (κ1) is 34.7. The van der Waals surface area contributed by atoms with E-state index < -0.39 is 0 Å². The summed E-state index contributed by atoms with van der Waals surface area (Å²) in [6, 6.07) is 76.7. The molecule has 10 aromatic rings. The quantitative estimate of drug-likeness (QED) is 0.161. The lowest BCUT2D eigenvalue weighted by molar-refractivity contribution is 0.660. The molecule has 2 heterocycles. The van der Waals surface area contributed by atoms with E-state index in [1.807, 2.05) is 0 Å². The standard InChI is InChI=1S/C56H41N3/c1-56(2)49-29-17-15-28-47(49)48-34-32-44(37-50(48)56)58(51-30-18-16-27-45(51)38-19-7-3-8-20-38)43-31-33-46-42(35-43)36-52(39-21-9-4-10-22-39)59-55(46)53(40-23-11-5-12-24-40)54(57-59)41-25-13-6-14-26-41/h3-37H,1-2H3. The summed E-state index contributed by atoms with van der Waals surface area (Å²) in [5.41, 5.74) is 18.4. The molecular weight excluding hydrogens is 715 g/mol. The lowest BCUT2D eigenvalue weighted by Crippen LogP contribution is -2.17. The summed E-state index contributed by atoms with van der Waals surface area (Å²) in [7, 11) is 0. The van der Waals surface area contributed by atoms with Gasteiger partial charge in [-0.1, -0.05) is 190 Å². The monoisotopic (exact) mass is 755 g/mol. The normalized spacial score (nSPS) is 12.7. The lowest BCUT2D eigenvalue weighted by Gasteiger charge is -2.30. The van der Waals surface area contributed by atoms with Gasteiger partial charge in [-0.2, -0.15) is 5.10 Å². The molecule has 0 amide bonds. The molecule has 3 heteroatoms. The average molecular weight is 756 g/mol. The highest BCUT2D eigenvalue weighted by atomic mass is 15.2. The molecular formula is C56H41N3. The van der Waals surface area contributed by atoms with E-state index >= 15 is 0 Å². The summed E-state index contributed by atoms with van der Waals surface area (Å²) >= 11 is 0. The van der Waals surface area contributed by atoms with Gasteiger partial charge in [-0.05, 0) is 75.2 Å². The van der Waals surface area contributed by atoms with Crippen LogP contribution >= 0.6 is 0 Å². The van der Waals surface area contributed by atoms with Gasteiger partial charge < -0.3 is 4.90 Å². The molecule has 0 unspecified atom stereocenters. The van der Waals surface area contributed by atoms with Crippen LogP contribution in [-0.2, 0) is 5.41 Å². The van der Waals surface area contributed by atoms with Crippen molar-refractivity contribution in [2.75, 3.05) is 4.90 Å². The van der Waals surface area contributed by atoms with E-state index in [0.29, 0.717) is 0 Å². The Labute approximate surface area is 345 Å². The highest BCUT2D eigenvalue weighted by Crippen LogP contribution is 2.52. The first-order valence-electron chi connectivity index (χ1n) is 20.4. The molecule has 1 aliphatic rings. The molecule has 3 nitrogen and oxygen atoms in total. The Kier molecular flexibility index (Phi) is 8.16. The second kappa shape index (κ2) is 13.9. The first-order chi connectivity index (χ1) is 29.0. The van der Waals surface area contributed by atoms with E-state index in [-0.39, 0.29) is 5.41 Å². The van der Waals surface area contributed by atoms with Gasteiger partial charge in [0.25, 0.3) is 0 Å². The molecule has 0 bridgehead atoms. The van der Waals surface area contributed by atoms with Crippen LogP contribution in [0.2, 0.25) is 0 Å². The third-order valence-corrected chi connectivity index (χ3v) is 12.2. The van der Waals surface area contributed by atoms with Crippen molar-refractivity contribution in [2.24, 2.45) is 0 Å². The van der Waals surface area contributed by atoms with Crippen LogP contribution in [-0.4, -0.2) is 9.61 Å². The van der Waals surface area contributed by atoms with Crippen LogP contribution in [0.5, 0.6) is 0 Å². The van der Waals surface area contributed by atoms with Crippen molar-refractivity contribution in [3.8, 4) is 55.9 Å². The summed E-state index contributed by atoms with van der Waals surface area (Å²) in [6.07, 6.45) is 0. The van der Waals surface area contributed by atoms with Gasteiger partial charge >= 0.3 is 0 Å². The van der Waals surface area contributed by atoms with Crippen molar-refractivity contribution < 1.29 is 0 Å². The molecule has 0 spiro atoms. The largest absolute Gasteiger partial charge is 0.310 e. The Hall–Kier alpha value is -7.49. The second-order valence-corrected chi connectivity index (χ2v) is 16.0. The van der Waals surface area contributed by atoms with E-state index in [4.69, 9.17) is 5.10 Å². The average Bonchev–Trinajstić information content (AvgIpc) is 3.81. The molecule has 0 aliphatic heterocycles. The molecule has 0 N–H and O–H groups in total. The number of hydrogen-bond donors (Lipinski definition) is 0. The summed E-state index contributed by atoms with van der Waals surface area (Å²) in [6.45, 7) is 4.71. The van der Waals surface area contributed by atoms with Crippen molar-refractivity contribution in [3.63, 3.8) is 0 Å². The third kappa shape index (κ3) is 5.69. The highest BCUT2D eigenvalue weighted by Gasteiger charge is 2.36. The van der Waals surface area contributed by atoms with Gasteiger partial charge in [0.15, 0.2) is 0 Å². The van der Waals surface area contributed by atoms with E-state index in [1.165, 1.54) is 33.4 Å². The maximum Gasteiger partial charge on any atom is 0.101 e. The molecule has 8 aromatic carbocycles. The fourth-order valence-corrected chi connectivity index (χ4v) is 9.35. The fraction of sp³-hybridized carbons (Fsp3) is 0.0536. The molecule has 1 aliphatic carbocycles. The minimum absolute atomic E-state index is 0.140. The number of rotatable bonds is 7. The Morgan fingerprint density at radius 3 is 1.69 bits per heavy atom. The van der Waals surface area contributed by atoms with E-state index in [2.05, 4.69) is 236 Å². The maximum absolute atomic E-state index is 5.45. The molecule has 0 saturated heterocycles. The Morgan fingerprint density at radius 2 is 0.983 bits per heavy atom. The van der Waals surface area contributed by atoms with Crippen LogP contribution < -0.4 is 4.90 Å². The molecule has 11 rings (SSSR count). The van der Waals surface area contributed by atoms with Gasteiger partial charge in [0.1, 0.15) is 5.69 Å². The van der Waals surface area contributed by atoms with Crippen molar-refractivity contribution in [3.05, 3.63) is 223 Å². The number of aromatic nitrogens is 2. The Morgan fingerprint density at radius 1 is 0.441 bits per heavy atom. The molecule has 59 heavy (non-hydrogen) atoms. The van der Waals surface area contributed by atoms with Gasteiger partial charge in [-0.3, -0.25) is 0 Å². The predicted molar refractivity (Wildman–Crippen MR) is 247 cm³/mol. The SMILES string of the molecule is CC1(C)c2ccccc2-c2ccc(N(c3ccc4c(c3)cc(-c3ccccc3)n3nc(-c5ccccc5)c(-c5ccccc5)c43)c3ccccc3-c3ccccc3)cc21. The molecule has 280 valence electrons. The first-order valence-corrected chi connectivity index (χ1v) is 20.4. The van der Waals surface area contributed by atoms with Gasteiger partial charge in [0.05, 0.1) is 16.9 Å². The topological polar surface area (TPSA) is 20.5 Å². The zero-order valence-corrected chi connectivity index (χ0v) is 33.0. The Balaban J connectivity index is 1.20. The number of para-hydroxylation sites is 1. The van der Waals surface area contributed by atoms with E-state index in [9.17, 15) is 0 Å². The number of benzene rings is 8. The van der Waals surface area contributed by atoms with E-state index in [1.54, 1.807) is 0 Å². The molecule has 2 aromatic heterocycles. The lowest BCUT2D eigenvalue weighted by atomic mass is 9.82. The minimum atomic E-state index is -0.140. The molecule has 0 radical (unpaired) electrons. The minimum Gasteiger partial charge on any atom is -0.310 e. The van der Waals surface area contributed by atoms with Crippen LogP contribution in [0.25, 0.3) is 72.2 Å². The van der Waals surface area contributed by atoms with Crippen molar-refractivity contribution in [1.82, 2.24) is 9.61 Å². The van der Waals surface area contributed by atoms with Crippen LogP contribution in [0.4, 0.5) is 17.1 Å². The number of fused-ring (bicyclic) bond motifs is 6. The number of anilines is 3. The third-order valence-electron chi connectivity index (χ3n) is 12.2. The Bertz CT molecular complexity index is 3170. The van der Waals surface area contributed by atoms with Crippen molar-refractivity contribution in [1.29, 1.82) is 0 Å². The summed E-state index contributed by atoms with van der Waals surface area (Å²) < 4.78 is 2.17. The second-order valence-electron chi connectivity index (χ2n) is 16.0. The van der Waals surface area contributed by atoms with Gasteiger partial charge in [0, 0.05) is 44.4 Å². The number of nitrogens with zero attached hydrogens (tertiary/aromatic N) is 3. The van der Waals surface area contributed by atoms with Crippen LogP contribution in [0.3, 0.4) is 0 Å².